The average molecular weight is 236 g/mol. The maximum atomic E-state index is 6.13. The van der Waals surface area contributed by atoms with Gasteiger partial charge in [0.15, 0.2) is 6.23 Å². The van der Waals surface area contributed by atoms with Crippen LogP contribution in [0.2, 0.25) is 0 Å². The van der Waals surface area contributed by atoms with E-state index < -0.39 is 0 Å². The lowest BCUT2D eigenvalue weighted by Gasteiger charge is -2.20. The van der Waals surface area contributed by atoms with Gasteiger partial charge in [-0.05, 0) is 25.5 Å². The second kappa shape index (κ2) is 4.01. The van der Waals surface area contributed by atoms with Crippen LogP contribution in [-0.2, 0) is 11.8 Å². The normalized spacial score (nSPS) is 27.8. The molecule has 17 heavy (non-hydrogen) atoms. The van der Waals surface area contributed by atoms with E-state index in [2.05, 4.69) is 40.5 Å². The first-order valence-corrected chi connectivity index (χ1v) is 6.18. The number of hydrogen-bond acceptors (Lipinski definition) is 4. The van der Waals surface area contributed by atoms with E-state index in [1.54, 1.807) is 0 Å². The first kappa shape index (κ1) is 11.1. The van der Waals surface area contributed by atoms with E-state index in [4.69, 9.17) is 4.74 Å². The van der Waals surface area contributed by atoms with Crippen molar-refractivity contribution < 1.29 is 4.74 Å². The SMILES string of the molecule is Cc1cn(C)c2c1N(C)NC2OC1CCNC1. The predicted octanol–water partition coefficient (Wildman–Crippen LogP) is 0.665. The van der Waals surface area contributed by atoms with Crippen molar-refractivity contribution in [3.05, 3.63) is 17.5 Å². The molecule has 1 saturated heterocycles. The lowest BCUT2D eigenvalue weighted by atomic mass is 10.2. The molecule has 2 N–H and O–H groups in total. The fourth-order valence-corrected chi connectivity index (χ4v) is 2.87. The van der Waals surface area contributed by atoms with E-state index in [-0.39, 0.29) is 6.23 Å². The summed E-state index contributed by atoms with van der Waals surface area (Å²) in [6, 6.07) is 0. The summed E-state index contributed by atoms with van der Waals surface area (Å²) in [5, 5.41) is 5.40. The minimum Gasteiger partial charge on any atom is -0.351 e. The molecule has 3 rings (SSSR count). The Morgan fingerprint density at radius 3 is 2.94 bits per heavy atom. The quantitative estimate of drug-likeness (QED) is 0.792. The number of nitrogens with one attached hydrogen (secondary N) is 2. The van der Waals surface area contributed by atoms with Crippen LogP contribution in [-0.4, -0.2) is 30.8 Å². The molecule has 2 unspecified atom stereocenters. The molecule has 5 heteroatoms. The van der Waals surface area contributed by atoms with E-state index in [0.29, 0.717) is 6.10 Å². The third-order valence-electron chi connectivity index (χ3n) is 3.62. The molecule has 0 aliphatic carbocycles. The van der Waals surface area contributed by atoms with E-state index in [0.717, 1.165) is 19.5 Å². The molecule has 0 bridgehead atoms. The number of fused-ring (bicyclic) bond motifs is 1. The Balaban J connectivity index is 1.84. The molecule has 0 amide bonds. The van der Waals surface area contributed by atoms with Crippen molar-refractivity contribution >= 4 is 5.69 Å². The van der Waals surface area contributed by atoms with Crippen molar-refractivity contribution in [3.63, 3.8) is 0 Å². The molecular formula is C12H20N4O. The van der Waals surface area contributed by atoms with Gasteiger partial charge in [-0.3, -0.25) is 0 Å². The van der Waals surface area contributed by atoms with Gasteiger partial charge in [-0.15, -0.1) is 0 Å². The Morgan fingerprint density at radius 2 is 2.24 bits per heavy atom. The van der Waals surface area contributed by atoms with E-state index >= 15 is 0 Å². The molecule has 3 heterocycles. The molecule has 0 radical (unpaired) electrons. The summed E-state index contributed by atoms with van der Waals surface area (Å²) < 4.78 is 8.29. The zero-order chi connectivity index (χ0) is 12.0. The fourth-order valence-electron chi connectivity index (χ4n) is 2.87. The van der Waals surface area contributed by atoms with E-state index in [9.17, 15) is 0 Å². The molecule has 0 saturated carbocycles. The highest BCUT2D eigenvalue weighted by molar-refractivity contribution is 5.60. The highest BCUT2D eigenvalue weighted by Crippen LogP contribution is 2.37. The maximum Gasteiger partial charge on any atom is 0.168 e. The molecule has 2 aliphatic heterocycles. The summed E-state index contributed by atoms with van der Waals surface area (Å²) in [5.74, 6) is 0. The smallest absolute Gasteiger partial charge is 0.168 e. The first-order chi connectivity index (χ1) is 8.16. The average Bonchev–Trinajstić information content (AvgIpc) is 2.91. The Morgan fingerprint density at radius 1 is 1.41 bits per heavy atom. The summed E-state index contributed by atoms with van der Waals surface area (Å²) in [6.07, 6.45) is 3.56. The molecule has 1 aromatic heterocycles. The fraction of sp³-hybridized carbons (Fsp3) is 0.667. The number of ether oxygens (including phenoxy) is 1. The summed E-state index contributed by atoms with van der Waals surface area (Å²) in [4.78, 5) is 0. The number of nitrogens with zero attached hydrogens (tertiary/aromatic N) is 2. The molecule has 0 spiro atoms. The van der Waals surface area contributed by atoms with Crippen LogP contribution >= 0.6 is 0 Å². The molecule has 2 atom stereocenters. The van der Waals surface area contributed by atoms with Crippen LogP contribution < -0.4 is 15.8 Å². The second-order valence-corrected chi connectivity index (χ2v) is 4.98. The Labute approximate surface area is 102 Å². The van der Waals surface area contributed by atoms with Gasteiger partial charge < -0.3 is 19.6 Å². The highest BCUT2D eigenvalue weighted by atomic mass is 16.5. The topological polar surface area (TPSA) is 41.5 Å². The minimum atomic E-state index is -0.0152. The van der Waals surface area contributed by atoms with Crippen molar-refractivity contribution in [2.75, 3.05) is 25.1 Å². The van der Waals surface area contributed by atoms with Crippen molar-refractivity contribution in [2.45, 2.75) is 25.7 Å². The number of aryl methyl sites for hydroxylation is 2. The first-order valence-electron chi connectivity index (χ1n) is 6.18. The van der Waals surface area contributed by atoms with Gasteiger partial charge in [0.25, 0.3) is 0 Å². The molecular weight excluding hydrogens is 216 g/mol. The Hall–Kier alpha value is -1.04. The number of aromatic nitrogens is 1. The Kier molecular flexibility index (Phi) is 2.61. The van der Waals surface area contributed by atoms with E-state index in [1.807, 2.05) is 7.05 Å². The maximum absolute atomic E-state index is 6.13. The van der Waals surface area contributed by atoms with Gasteiger partial charge in [0, 0.05) is 26.8 Å². The van der Waals surface area contributed by atoms with Crippen LogP contribution in [0.15, 0.2) is 6.20 Å². The third-order valence-corrected chi connectivity index (χ3v) is 3.62. The second-order valence-electron chi connectivity index (χ2n) is 4.98. The van der Waals surface area contributed by atoms with Crippen LogP contribution in [0.1, 0.15) is 23.9 Å². The van der Waals surface area contributed by atoms with Gasteiger partial charge in [0.05, 0.1) is 17.5 Å². The van der Waals surface area contributed by atoms with Gasteiger partial charge in [-0.25, -0.2) is 5.43 Å². The zero-order valence-electron chi connectivity index (χ0n) is 10.7. The summed E-state index contributed by atoms with van der Waals surface area (Å²) in [5.41, 5.74) is 7.14. The van der Waals surface area contributed by atoms with Crippen LogP contribution in [0.25, 0.3) is 0 Å². The number of anilines is 1. The van der Waals surface area contributed by atoms with Crippen molar-refractivity contribution in [2.24, 2.45) is 7.05 Å². The van der Waals surface area contributed by atoms with Crippen LogP contribution in [0.4, 0.5) is 5.69 Å². The molecule has 0 aromatic carbocycles. The molecule has 94 valence electrons. The van der Waals surface area contributed by atoms with Gasteiger partial charge in [0.1, 0.15) is 0 Å². The van der Waals surface area contributed by atoms with Gasteiger partial charge in [0.2, 0.25) is 0 Å². The van der Waals surface area contributed by atoms with Crippen LogP contribution in [0, 0.1) is 6.92 Å². The van der Waals surface area contributed by atoms with Crippen LogP contribution in [0.3, 0.4) is 0 Å². The van der Waals surface area contributed by atoms with E-state index in [1.165, 1.54) is 16.9 Å². The summed E-state index contributed by atoms with van der Waals surface area (Å²) >= 11 is 0. The van der Waals surface area contributed by atoms with Crippen molar-refractivity contribution in [3.8, 4) is 0 Å². The van der Waals surface area contributed by atoms with Gasteiger partial charge >= 0.3 is 0 Å². The van der Waals surface area contributed by atoms with Gasteiger partial charge in [-0.2, -0.15) is 0 Å². The molecule has 2 aliphatic rings. The molecule has 1 fully saturated rings. The lowest BCUT2D eigenvalue weighted by Crippen LogP contribution is -2.34. The molecule has 1 aromatic rings. The zero-order valence-corrected chi connectivity index (χ0v) is 10.7. The Bertz CT molecular complexity index is 422. The predicted molar refractivity (Wildman–Crippen MR) is 66.8 cm³/mol. The number of hydrazine groups is 1. The monoisotopic (exact) mass is 236 g/mol. The highest BCUT2D eigenvalue weighted by Gasteiger charge is 2.33. The standard InChI is InChI=1S/C12H20N4O/c1-8-7-15(2)11-10(8)16(3)14-12(11)17-9-4-5-13-6-9/h7,9,12-14H,4-6H2,1-3H3. The summed E-state index contributed by atoms with van der Waals surface area (Å²) in [6.45, 7) is 4.16. The van der Waals surface area contributed by atoms with Crippen molar-refractivity contribution in [1.82, 2.24) is 15.3 Å². The summed E-state index contributed by atoms with van der Waals surface area (Å²) in [7, 11) is 4.12. The third kappa shape index (κ3) is 1.74. The van der Waals surface area contributed by atoms with Gasteiger partial charge in [-0.1, -0.05) is 0 Å². The number of rotatable bonds is 2. The molecule has 5 nitrogen and oxygen atoms in total. The largest absolute Gasteiger partial charge is 0.351 e. The van der Waals surface area contributed by atoms with Crippen LogP contribution in [0.5, 0.6) is 0 Å². The number of hydrogen-bond donors (Lipinski definition) is 2. The van der Waals surface area contributed by atoms with Crippen molar-refractivity contribution in [1.29, 1.82) is 0 Å². The lowest BCUT2D eigenvalue weighted by molar-refractivity contribution is -0.0199. The minimum absolute atomic E-state index is 0.0152.